The standard InChI is InChI=1S/C18H20F2N4O3S/c1-2-3-13(15(26)22-18-24-23-17(28-18)9-4-5-9)21-16(27)14(25)10-6-11(19)8-12(20)7-10/h6-9,13-14,25H,2-5H2,1H3,(H,21,27)(H,22,24,26). The number of anilines is 1. The van der Waals surface area contributed by atoms with Crippen molar-refractivity contribution in [3.05, 3.63) is 40.4 Å². The highest BCUT2D eigenvalue weighted by Crippen LogP contribution is 2.42. The molecule has 2 amide bonds. The molecule has 1 saturated carbocycles. The molecule has 0 spiro atoms. The van der Waals surface area contributed by atoms with Gasteiger partial charge in [0.25, 0.3) is 5.91 Å². The van der Waals surface area contributed by atoms with E-state index in [1.54, 1.807) is 0 Å². The Labute approximate surface area is 164 Å². The first-order valence-corrected chi connectivity index (χ1v) is 9.77. The van der Waals surface area contributed by atoms with Crippen molar-refractivity contribution >= 4 is 28.3 Å². The fourth-order valence-corrected chi connectivity index (χ4v) is 3.58. The van der Waals surface area contributed by atoms with Gasteiger partial charge in [0, 0.05) is 12.0 Å². The number of aliphatic hydroxyl groups excluding tert-OH is 1. The Hall–Kier alpha value is -2.46. The first kappa shape index (κ1) is 20.3. The van der Waals surface area contributed by atoms with Crippen LogP contribution in [0.3, 0.4) is 0 Å². The second kappa shape index (κ2) is 8.70. The van der Waals surface area contributed by atoms with Crippen LogP contribution in [0.5, 0.6) is 0 Å². The third-order valence-electron chi connectivity index (χ3n) is 4.26. The Morgan fingerprint density at radius 3 is 2.50 bits per heavy atom. The van der Waals surface area contributed by atoms with E-state index >= 15 is 0 Å². The summed E-state index contributed by atoms with van der Waals surface area (Å²) in [5.41, 5.74) is -0.233. The van der Waals surface area contributed by atoms with E-state index < -0.39 is 35.6 Å². The summed E-state index contributed by atoms with van der Waals surface area (Å²) in [7, 11) is 0. The first-order valence-electron chi connectivity index (χ1n) is 8.96. The number of nitrogens with zero attached hydrogens (tertiary/aromatic N) is 2. The Bertz CT molecular complexity index is 852. The Morgan fingerprint density at radius 2 is 1.89 bits per heavy atom. The van der Waals surface area contributed by atoms with Crippen molar-refractivity contribution in [2.24, 2.45) is 0 Å². The molecule has 2 atom stereocenters. The third kappa shape index (κ3) is 5.08. The van der Waals surface area contributed by atoms with Crippen LogP contribution < -0.4 is 10.6 Å². The highest BCUT2D eigenvalue weighted by Gasteiger charge is 2.29. The number of amides is 2. The van der Waals surface area contributed by atoms with Crippen molar-refractivity contribution in [2.75, 3.05) is 5.32 Å². The molecule has 0 aliphatic heterocycles. The number of aliphatic hydroxyl groups is 1. The van der Waals surface area contributed by atoms with Crippen molar-refractivity contribution in [1.82, 2.24) is 15.5 Å². The molecular formula is C18H20F2N4O3S. The molecule has 28 heavy (non-hydrogen) atoms. The van der Waals surface area contributed by atoms with E-state index in [0.717, 1.165) is 30.0 Å². The van der Waals surface area contributed by atoms with Crippen LogP contribution in [-0.2, 0) is 9.59 Å². The van der Waals surface area contributed by atoms with E-state index in [1.165, 1.54) is 11.3 Å². The minimum Gasteiger partial charge on any atom is -0.378 e. The molecule has 150 valence electrons. The molecule has 1 fully saturated rings. The minimum atomic E-state index is -1.81. The number of aromatic nitrogens is 2. The van der Waals surface area contributed by atoms with Crippen molar-refractivity contribution in [1.29, 1.82) is 0 Å². The first-order chi connectivity index (χ1) is 13.4. The molecule has 1 aliphatic rings. The van der Waals surface area contributed by atoms with Crippen molar-refractivity contribution in [2.45, 2.75) is 50.7 Å². The lowest BCUT2D eigenvalue weighted by Gasteiger charge is -2.19. The van der Waals surface area contributed by atoms with Gasteiger partial charge in [-0.2, -0.15) is 0 Å². The van der Waals surface area contributed by atoms with Gasteiger partial charge >= 0.3 is 0 Å². The van der Waals surface area contributed by atoms with Crippen molar-refractivity contribution in [3.8, 4) is 0 Å². The lowest BCUT2D eigenvalue weighted by Crippen LogP contribution is -2.45. The van der Waals surface area contributed by atoms with E-state index in [-0.39, 0.29) is 5.56 Å². The van der Waals surface area contributed by atoms with E-state index in [1.807, 2.05) is 6.92 Å². The topological polar surface area (TPSA) is 104 Å². The molecule has 0 radical (unpaired) electrons. The van der Waals surface area contributed by atoms with Crippen LogP contribution in [0.15, 0.2) is 18.2 Å². The summed E-state index contributed by atoms with van der Waals surface area (Å²) >= 11 is 1.29. The van der Waals surface area contributed by atoms with E-state index in [4.69, 9.17) is 0 Å². The average molecular weight is 410 g/mol. The predicted molar refractivity (Wildman–Crippen MR) is 98.7 cm³/mol. The number of nitrogens with one attached hydrogen (secondary N) is 2. The average Bonchev–Trinajstić information content (AvgIpc) is 3.39. The summed E-state index contributed by atoms with van der Waals surface area (Å²) < 4.78 is 26.6. The fraction of sp³-hybridized carbons (Fsp3) is 0.444. The highest BCUT2D eigenvalue weighted by molar-refractivity contribution is 7.15. The zero-order chi connectivity index (χ0) is 20.3. The monoisotopic (exact) mass is 410 g/mol. The lowest BCUT2D eigenvalue weighted by molar-refractivity contribution is -0.133. The summed E-state index contributed by atoms with van der Waals surface area (Å²) in [6.45, 7) is 1.83. The normalized spacial score (nSPS) is 15.7. The summed E-state index contributed by atoms with van der Waals surface area (Å²) in [6.07, 6.45) is 1.23. The highest BCUT2D eigenvalue weighted by atomic mass is 32.1. The number of benzene rings is 1. The number of carbonyl (C=O) groups is 2. The number of carbonyl (C=O) groups excluding carboxylic acids is 2. The number of hydrogen-bond donors (Lipinski definition) is 3. The number of rotatable bonds is 8. The van der Waals surface area contributed by atoms with Gasteiger partial charge in [-0.05, 0) is 37.0 Å². The quantitative estimate of drug-likeness (QED) is 0.621. The number of hydrogen-bond acceptors (Lipinski definition) is 6. The molecule has 0 saturated heterocycles. The van der Waals surface area contributed by atoms with Gasteiger partial charge in [0.15, 0.2) is 6.10 Å². The van der Waals surface area contributed by atoms with Crippen molar-refractivity contribution in [3.63, 3.8) is 0 Å². The Kier molecular flexibility index (Phi) is 6.30. The molecule has 10 heteroatoms. The Balaban J connectivity index is 1.64. The van der Waals surface area contributed by atoms with Gasteiger partial charge in [-0.25, -0.2) is 8.78 Å². The maximum absolute atomic E-state index is 13.3. The molecule has 7 nitrogen and oxygen atoms in total. The van der Waals surface area contributed by atoms with E-state index in [2.05, 4.69) is 20.8 Å². The molecule has 1 aromatic carbocycles. The van der Waals surface area contributed by atoms with Crippen LogP contribution in [0.1, 0.15) is 55.2 Å². The van der Waals surface area contributed by atoms with Crippen LogP contribution >= 0.6 is 11.3 Å². The van der Waals surface area contributed by atoms with Gasteiger partial charge in [-0.15, -0.1) is 10.2 Å². The maximum Gasteiger partial charge on any atom is 0.254 e. The zero-order valence-corrected chi connectivity index (χ0v) is 15.9. The maximum atomic E-state index is 13.3. The smallest absolute Gasteiger partial charge is 0.254 e. The van der Waals surface area contributed by atoms with E-state index in [9.17, 15) is 23.5 Å². The largest absolute Gasteiger partial charge is 0.378 e. The molecule has 1 aliphatic carbocycles. The molecule has 0 bridgehead atoms. The summed E-state index contributed by atoms with van der Waals surface area (Å²) in [6, 6.07) is 1.43. The van der Waals surface area contributed by atoms with Gasteiger partial charge in [-0.1, -0.05) is 24.7 Å². The van der Waals surface area contributed by atoms with Gasteiger partial charge < -0.3 is 10.4 Å². The predicted octanol–water partition coefficient (Wildman–Crippen LogP) is 2.65. The molecule has 3 rings (SSSR count). The van der Waals surface area contributed by atoms with Crippen LogP contribution in [-0.4, -0.2) is 33.2 Å². The molecular weight excluding hydrogens is 390 g/mol. The second-order valence-electron chi connectivity index (χ2n) is 6.66. The molecule has 2 aromatic rings. The lowest BCUT2D eigenvalue weighted by atomic mass is 10.1. The summed E-state index contributed by atoms with van der Waals surface area (Å²) in [5.74, 6) is -2.82. The zero-order valence-electron chi connectivity index (χ0n) is 15.1. The van der Waals surface area contributed by atoms with Gasteiger partial charge in [0.2, 0.25) is 11.0 Å². The Morgan fingerprint density at radius 1 is 1.21 bits per heavy atom. The fourth-order valence-electron chi connectivity index (χ4n) is 2.67. The third-order valence-corrected chi connectivity index (χ3v) is 5.26. The van der Waals surface area contributed by atoms with Crippen molar-refractivity contribution < 1.29 is 23.5 Å². The van der Waals surface area contributed by atoms with Crippen LogP contribution in [0.4, 0.5) is 13.9 Å². The molecule has 1 aromatic heterocycles. The molecule has 2 unspecified atom stereocenters. The van der Waals surface area contributed by atoms with Gasteiger partial charge in [0.05, 0.1) is 0 Å². The van der Waals surface area contributed by atoms with Crippen LogP contribution in [0, 0.1) is 11.6 Å². The minimum absolute atomic E-state index is 0.233. The SMILES string of the molecule is CCCC(NC(=O)C(O)c1cc(F)cc(F)c1)C(=O)Nc1nnc(C2CC2)s1. The second-order valence-corrected chi connectivity index (χ2v) is 7.67. The van der Waals surface area contributed by atoms with E-state index in [0.29, 0.717) is 30.0 Å². The van der Waals surface area contributed by atoms with Crippen LogP contribution in [0.2, 0.25) is 0 Å². The number of halogens is 2. The molecule has 3 N–H and O–H groups in total. The molecule has 1 heterocycles. The van der Waals surface area contributed by atoms with Gasteiger partial charge in [-0.3, -0.25) is 14.9 Å². The summed E-state index contributed by atoms with van der Waals surface area (Å²) in [4.78, 5) is 24.8. The van der Waals surface area contributed by atoms with Gasteiger partial charge in [0.1, 0.15) is 22.7 Å². The summed E-state index contributed by atoms with van der Waals surface area (Å²) in [5, 5.41) is 24.3. The van der Waals surface area contributed by atoms with Crippen LogP contribution in [0.25, 0.3) is 0 Å².